The number of hydrogen-bond donors (Lipinski definition) is 3. The Bertz CT molecular complexity index is 1530. The number of benzene rings is 2. The van der Waals surface area contributed by atoms with Gasteiger partial charge in [0.25, 0.3) is 5.91 Å². The van der Waals surface area contributed by atoms with Gasteiger partial charge in [0.05, 0.1) is 12.8 Å². The van der Waals surface area contributed by atoms with Crippen molar-refractivity contribution in [3.63, 3.8) is 0 Å². The number of para-hydroxylation sites is 1. The fourth-order valence-electron chi connectivity index (χ4n) is 5.50. The van der Waals surface area contributed by atoms with Crippen LogP contribution in [0.1, 0.15) is 46.5 Å². The molecule has 2 aliphatic rings. The van der Waals surface area contributed by atoms with Crippen molar-refractivity contribution in [2.75, 3.05) is 0 Å². The van der Waals surface area contributed by atoms with Crippen LogP contribution in [0.5, 0.6) is 0 Å². The number of aromatic nitrogens is 1. The summed E-state index contributed by atoms with van der Waals surface area (Å²) in [4.78, 5) is 45.6. The van der Waals surface area contributed by atoms with Gasteiger partial charge < -0.3 is 24.9 Å². The fourth-order valence-corrected chi connectivity index (χ4v) is 7.08. The third-order valence-electron chi connectivity index (χ3n) is 7.29. The molecule has 3 amide bonds. The van der Waals surface area contributed by atoms with Crippen molar-refractivity contribution < 1.29 is 18.8 Å². The van der Waals surface area contributed by atoms with Crippen molar-refractivity contribution in [1.82, 2.24) is 20.5 Å². The van der Waals surface area contributed by atoms with E-state index in [4.69, 9.17) is 4.42 Å². The Morgan fingerprint density at radius 3 is 2.71 bits per heavy atom. The molecule has 3 N–H and O–H groups in total. The molecule has 1 unspecified atom stereocenters. The first-order valence-corrected chi connectivity index (χ1v) is 13.5. The van der Waals surface area contributed by atoms with Crippen molar-refractivity contribution in [2.45, 2.75) is 49.0 Å². The molecule has 4 heterocycles. The number of nitrogens with zero attached hydrogens (tertiary/aromatic N) is 1. The maximum atomic E-state index is 13.9. The van der Waals surface area contributed by atoms with Crippen molar-refractivity contribution in [3.05, 3.63) is 95.6 Å². The van der Waals surface area contributed by atoms with Gasteiger partial charge in [0.15, 0.2) is 0 Å². The highest BCUT2D eigenvalue weighted by molar-refractivity contribution is 8.01. The number of amides is 3. The minimum absolute atomic E-state index is 0.153. The first-order chi connectivity index (χ1) is 18.3. The lowest BCUT2D eigenvalue weighted by Crippen LogP contribution is -2.57. The van der Waals surface area contributed by atoms with E-state index in [0.29, 0.717) is 11.3 Å². The minimum atomic E-state index is -0.850. The van der Waals surface area contributed by atoms with E-state index in [0.717, 1.165) is 22.0 Å². The van der Waals surface area contributed by atoms with Gasteiger partial charge >= 0.3 is 0 Å². The topological polar surface area (TPSA) is 107 Å². The lowest BCUT2D eigenvalue weighted by molar-refractivity contribution is -0.131. The van der Waals surface area contributed by atoms with Crippen LogP contribution in [0.3, 0.4) is 0 Å². The molecular formula is C29H28N4O4S. The van der Waals surface area contributed by atoms with Crippen molar-refractivity contribution in [2.24, 2.45) is 0 Å². The molecule has 3 atom stereocenters. The van der Waals surface area contributed by atoms with Gasteiger partial charge in [-0.15, -0.1) is 11.8 Å². The van der Waals surface area contributed by atoms with Gasteiger partial charge in [0.2, 0.25) is 11.8 Å². The summed E-state index contributed by atoms with van der Waals surface area (Å²) in [6, 6.07) is 17.3. The SMILES string of the molecule is CC1(C)SC2c3ccccc3C(=O)N2[C@@H]1C(=O)N[C@@H](Cc1c[nH]c2ccccc12)C(=O)NCc1ccco1. The molecule has 4 aromatic rings. The van der Waals surface area contributed by atoms with Crippen LogP contribution in [0, 0.1) is 0 Å². The standard InChI is InChI=1S/C29H28N4O4S/c1-29(2)24(33-27(36)20-10-3-4-11-21(20)28(33)38-29)26(35)32-23(25(34)31-16-18-8-7-13-37-18)14-17-15-30-22-12-6-5-9-19(17)22/h3-13,15,23-24,28,30H,14,16H2,1-2H3,(H,31,34)(H,32,35)/t23-,24+,28?/m0/s1. The zero-order chi connectivity index (χ0) is 26.4. The molecule has 8 nitrogen and oxygen atoms in total. The van der Waals surface area contributed by atoms with E-state index >= 15 is 0 Å². The predicted molar refractivity (Wildman–Crippen MR) is 145 cm³/mol. The molecule has 0 aliphatic carbocycles. The molecule has 38 heavy (non-hydrogen) atoms. The third kappa shape index (κ3) is 4.16. The highest BCUT2D eigenvalue weighted by atomic mass is 32.2. The van der Waals surface area contributed by atoms with E-state index in [1.54, 1.807) is 41.1 Å². The van der Waals surface area contributed by atoms with Crippen LogP contribution in [0.4, 0.5) is 0 Å². The summed E-state index contributed by atoms with van der Waals surface area (Å²) in [6.07, 6.45) is 3.71. The first kappa shape index (κ1) is 24.4. The van der Waals surface area contributed by atoms with Crippen molar-refractivity contribution >= 4 is 40.4 Å². The molecular weight excluding hydrogens is 500 g/mol. The number of carbonyl (C=O) groups is 3. The Hall–Kier alpha value is -3.98. The molecule has 2 aromatic heterocycles. The Labute approximate surface area is 224 Å². The number of hydrogen-bond acceptors (Lipinski definition) is 5. The lowest BCUT2D eigenvalue weighted by Gasteiger charge is -2.31. The van der Waals surface area contributed by atoms with E-state index in [9.17, 15) is 14.4 Å². The molecule has 9 heteroatoms. The summed E-state index contributed by atoms with van der Waals surface area (Å²) < 4.78 is 4.81. The van der Waals surface area contributed by atoms with Crippen molar-refractivity contribution in [1.29, 1.82) is 0 Å². The average molecular weight is 529 g/mol. The summed E-state index contributed by atoms with van der Waals surface area (Å²) in [5.74, 6) is -0.202. The number of furan rings is 1. The molecule has 2 aliphatic heterocycles. The fraction of sp³-hybridized carbons (Fsp3) is 0.276. The number of H-pyrrole nitrogens is 1. The second-order valence-electron chi connectivity index (χ2n) is 10.2. The number of rotatable bonds is 7. The van der Waals surface area contributed by atoms with Crippen LogP contribution in [-0.4, -0.2) is 44.4 Å². The zero-order valence-corrected chi connectivity index (χ0v) is 21.9. The minimum Gasteiger partial charge on any atom is -0.467 e. The Balaban J connectivity index is 1.27. The number of nitrogens with one attached hydrogen (secondary N) is 3. The zero-order valence-electron chi connectivity index (χ0n) is 21.1. The molecule has 2 aromatic carbocycles. The molecule has 0 radical (unpaired) electrons. The smallest absolute Gasteiger partial charge is 0.256 e. The third-order valence-corrected chi connectivity index (χ3v) is 8.83. The monoisotopic (exact) mass is 528 g/mol. The predicted octanol–water partition coefficient (Wildman–Crippen LogP) is 4.15. The molecule has 0 bridgehead atoms. The Kier molecular flexibility index (Phi) is 6.03. The van der Waals surface area contributed by atoms with Crippen molar-refractivity contribution in [3.8, 4) is 0 Å². The van der Waals surface area contributed by atoms with E-state index in [-0.39, 0.29) is 36.1 Å². The molecule has 0 spiro atoms. The van der Waals surface area contributed by atoms with E-state index in [2.05, 4.69) is 15.6 Å². The van der Waals surface area contributed by atoms with Gasteiger partial charge in [0.1, 0.15) is 23.2 Å². The maximum absolute atomic E-state index is 13.9. The normalized spacial score (nSPS) is 20.3. The lowest BCUT2D eigenvalue weighted by atomic mass is 9.99. The number of aromatic amines is 1. The maximum Gasteiger partial charge on any atom is 0.256 e. The van der Waals surface area contributed by atoms with Crippen LogP contribution in [0.2, 0.25) is 0 Å². The van der Waals surface area contributed by atoms with Crippen LogP contribution < -0.4 is 10.6 Å². The van der Waals surface area contributed by atoms with Crippen LogP contribution in [0.25, 0.3) is 10.9 Å². The molecule has 6 rings (SSSR count). The molecule has 1 saturated heterocycles. The second kappa shape index (κ2) is 9.40. The quantitative estimate of drug-likeness (QED) is 0.334. The highest BCUT2D eigenvalue weighted by Crippen LogP contribution is 2.56. The van der Waals surface area contributed by atoms with Gasteiger partial charge in [-0.2, -0.15) is 0 Å². The van der Waals surface area contributed by atoms with Crippen LogP contribution in [0.15, 0.2) is 77.5 Å². The summed E-state index contributed by atoms with van der Waals surface area (Å²) in [7, 11) is 0. The number of fused-ring (bicyclic) bond motifs is 4. The van der Waals surface area contributed by atoms with Gasteiger partial charge in [-0.1, -0.05) is 36.4 Å². The number of thioether (sulfide) groups is 1. The van der Waals surface area contributed by atoms with Gasteiger partial charge in [-0.3, -0.25) is 14.4 Å². The average Bonchev–Trinajstić information content (AvgIpc) is 3.68. The second-order valence-corrected chi connectivity index (χ2v) is 11.9. The molecule has 1 fully saturated rings. The van der Waals surface area contributed by atoms with Gasteiger partial charge in [0, 0.05) is 33.8 Å². The summed E-state index contributed by atoms with van der Waals surface area (Å²) >= 11 is 1.60. The summed E-state index contributed by atoms with van der Waals surface area (Å²) in [5, 5.41) is 6.65. The van der Waals surface area contributed by atoms with E-state index < -0.39 is 16.8 Å². The first-order valence-electron chi connectivity index (χ1n) is 12.6. The van der Waals surface area contributed by atoms with Crippen LogP contribution in [-0.2, 0) is 22.6 Å². The Morgan fingerprint density at radius 2 is 1.89 bits per heavy atom. The van der Waals surface area contributed by atoms with Gasteiger partial charge in [-0.05, 0) is 49.2 Å². The van der Waals surface area contributed by atoms with Crippen LogP contribution >= 0.6 is 11.8 Å². The largest absolute Gasteiger partial charge is 0.467 e. The highest BCUT2D eigenvalue weighted by Gasteiger charge is 2.57. The summed E-state index contributed by atoms with van der Waals surface area (Å²) in [6.45, 7) is 4.16. The molecule has 0 saturated carbocycles. The molecule has 194 valence electrons. The number of carbonyl (C=O) groups excluding carboxylic acids is 3. The summed E-state index contributed by atoms with van der Waals surface area (Å²) in [5.41, 5.74) is 3.43. The van der Waals surface area contributed by atoms with Gasteiger partial charge in [-0.25, -0.2) is 0 Å². The van der Waals surface area contributed by atoms with E-state index in [1.807, 2.05) is 62.5 Å². The Morgan fingerprint density at radius 1 is 1.11 bits per heavy atom. The van der Waals surface area contributed by atoms with E-state index in [1.165, 1.54) is 0 Å².